The van der Waals surface area contributed by atoms with Crippen molar-refractivity contribution >= 4 is 11.8 Å². The number of likely N-dealkylation sites (tertiary alicyclic amines) is 1. The Balaban J connectivity index is 2.69. The van der Waals surface area contributed by atoms with Crippen LogP contribution in [0.25, 0.3) is 0 Å². The first-order valence-electron chi connectivity index (χ1n) is 4.40. The number of hydrogen-bond donors (Lipinski definition) is 0. The van der Waals surface area contributed by atoms with Crippen LogP contribution in [0.1, 0.15) is 33.6 Å². The molecule has 0 atom stereocenters. The van der Waals surface area contributed by atoms with E-state index in [1.165, 1.54) is 11.8 Å². The van der Waals surface area contributed by atoms with Gasteiger partial charge in [0, 0.05) is 13.5 Å². The Morgan fingerprint density at radius 1 is 1.50 bits per heavy atom. The Labute approximate surface area is 72.7 Å². The van der Waals surface area contributed by atoms with E-state index in [0.717, 1.165) is 12.8 Å². The molecule has 0 aliphatic carbocycles. The number of amides is 2. The van der Waals surface area contributed by atoms with Gasteiger partial charge >= 0.3 is 0 Å². The molecule has 0 N–H and O–H groups in total. The Kier molecular flexibility index (Phi) is 2.22. The van der Waals surface area contributed by atoms with Gasteiger partial charge in [-0.25, -0.2) is 0 Å². The van der Waals surface area contributed by atoms with Gasteiger partial charge < -0.3 is 0 Å². The highest BCUT2D eigenvalue weighted by Crippen LogP contribution is 2.38. The van der Waals surface area contributed by atoms with Gasteiger partial charge in [-0.05, 0) is 12.8 Å². The second-order valence-corrected chi connectivity index (χ2v) is 3.40. The van der Waals surface area contributed by atoms with Crippen LogP contribution in [0.5, 0.6) is 0 Å². The highest BCUT2D eigenvalue weighted by molar-refractivity contribution is 6.02. The van der Waals surface area contributed by atoms with E-state index in [-0.39, 0.29) is 17.2 Å². The Morgan fingerprint density at radius 3 is 2.25 bits per heavy atom. The van der Waals surface area contributed by atoms with E-state index in [1.807, 2.05) is 13.8 Å². The smallest absolute Gasteiger partial charge is 0.237 e. The minimum Gasteiger partial charge on any atom is -0.281 e. The Hall–Kier alpha value is -0.860. The average molecular weight is 169 g/mol. The van der Waals surface area contributed by atoms with Gasteiger partial charge in [0.15, 0.2) is 0 Å². The molecule has 0 saturated carbocycles. The molecule has 0 aromatic heterocycles. The number of rotatable bonds is 2. The number of carbonyl (C=O) groups excluding carboxylic acids is 2. The molecular formula is C9H15NO2. The number of nitrogens with zero attached hydrogens (tertiary/aromatic N) is 1. The third kappa shape index (κ3) is 1.04. The first kappa shape index (κ1) is 9.23. The summed E-state index contributed by atoms with van der Waals surface area (Å²) in [6, 6.07) is 0. The van der Waals surface area contributed by atoms with Crippen LogP contribution < -0.4 is 0 Å². The van der Waals surface area contributed by atoms with Crippen molar-refractivity contribution in [1.82, 2.24) is 4.90 Å². The minimum atomic E-state index is -0.217. The van der Waals surface area contributed by atoms with Crippen molar-refractivity contribution in [2.24, 2.45) is 5.41 Å². The van der Waals surface area contributed by atoms with Gasteiger partial charge in [-0.15, -0.1) is 0 Å². The maximum absolute atomic E-state index is 11.5. The molecule has 1 aliphatic rings. The summed E-state index contributed by atoms with van der Waals surface area (Å²) >= 11 is 0. The predicted molar refractivity (Wildman–Crippen MR) is 45.4 cm³/mol. The van der Waals surface area contributed by atoms with E-state index in [0.29, 0.717) is 6.54 Å². The van der Waals surface area contributed by atoms with Crippen LogP contribution in [0.15, 0.2) is 0 Å². The van der Waals surface area contributed by atoms with E-state index in [4.69, 9.17) is 0 Å². The van der Waals surface area contributed by atoms with Crippen LogP contribution in [-0.4, -0.2) is 23.3 Å². The zero-order valence-electron chi connectivity index (χ0n) is 7.89. The first-order chi connectivity index (χ1) is 5.57. The van der Waals surface area contributed by atoms with Crippen LogP contribution in [0.3, 0.4) is 0 Å². The first-order valence-corrected chi connectivity index (χ1v) is 4.40. The summed E-state index contributed by atoms with van der Waals surface area (Å²) in [4.78, 5) is 23.7. The van der Waals surface area contributed by atoms with Gasteiger partial charge in [0.25, 0.3) is 0 Å². The van der Waals surface area contributed by atoms with Gasteiger partial charge in [0.1, 0.15) is 0 Å². The van der Waals surface area contributed by atoms with Gasteiger partial charge in [0.2, 0.25) is 11.8 Å². The molecule has 12 heavy (non-hydrogen) atoms. The zero-order valence-corrected chi connectivity index (χ0v) is 7.89. The fraction of sp³-hybridized carbons (Fsp3) is 0.778. The SMILES string of the molecule is CCC1(CC)CN(C(C)=O)C1=O. The largest absolute Gasteiger partial charge is 0.281 e. The molecule has 0 spiro atoms. The summed E-state index contributed by atoms with van der Waals surface area (Å²) in [5.74, 6) is -0.113. The Morgan fingerprint density at radius 2 is 2.00 bits per heavy atom. The van der Waals surface area contributed by atoms with Crippen molar-refractivity contribution in [3.05, 3.63) is 0 Å². The van der Waals surface area contributed by atoms with Gasteiger partial charge in [-0.3, -0.25) is 14.5 Å². The molecule has 1 fully saturated rings. The van der Waals surface area contributed by atoms with E-state index in [9.17, 15) is 9.59 Å². The zero-order chi connectivity index (χ0) is 9.35. The van der Waals surface area contributed by atoms with Crippen molar-refractivity contribution < 1.29 is 9.59 Å². The maximum atomic E-state index is 11.5. The molecule has 2 amide bonds. The lowest BCUT2D eigenvalue weighted by molar-refractivity contribution is -0.168. The third-order valence-corrected chi connectivity index (χ3v) is 2.89. The molecule has 1 aliphatic heterocycles. The monoisotopic (exact) mass is 169 g/mol. The fourth-order valence-electron chi connectivity index (χ4n) is 1.67. The van der Waals surface area contributed by atoms with Crippen molar-refractivity contribution in [3.8, 4) is 0 Å². The predicted octanol–water partition coefficient (Wildman–Crippen LogP) is 1.18. The number of β-lactam (4-membered cyclic amide) rings is 1. The topological polar surface area (TPSA) is 37.4 Å². The molecule has 1 saturated heterocycles. The second kappa shape index (κ2) is 2.88. The number of imide groups is 1. The normalized spacial score (nSPS) is 20.6. The highest BCUT2D eigenvalue weighted by atomic mass is 16.2. The summed E-state index contributed by atoms with van der Waals surface area (Å²) in [5, 5.41) is 0. The molecule has 0 aromatic carbocycles. The quantitative estimate of drug-likeness (QED) is 0.582. The molecule has 68 valence electrons. The molecule has 3 heteroatoms. The van der Waals surface area contributed by atoms with Crippen LogP contribution in [0.2, 0.25) is 0 Å². The summed E-state index contributed by atoms with van der Waals surface area (Å²) in [6.07, 6.45) is 1.68. The van der Waals surface area contributed by atoms with Crippen molar-refractivity contribution in [3.63, 3.8) is 0 Å². The van der Waals surface area contributed by atoms with Crippen molar-refractivity contribution in [2.45, 2.75) is 33.6 Å². The van der Waals surface area contributed by atoms with Gasteiger partial charge in [-0.1, -0.05) is 13.8 Å². The van der Waals surface area contributed by atoms with Crippen LogP contribution in [0, 0.1) is 5.41 Å². The van der Waals surface area contributed by atoms with E-state index in [2.05, 4.69) is 0 Å². The molecule has 1 heterocycles. The molecular weight excluding hydrogens is 154 g/mol. The number of hydrogen-bond acceptors (Lipinski definition) is 2. The summed E-state index contributed by atoms with van der Waals surface area (Å²) in [7, 11) is 0. The van der Waals surface area contributed by atoms with Crippen LogP contribution in [-0.2, 0) is 9.59 Å². The summed E-state index contributed by atoms with van der Waals surface area (Å²) in [6.45, 7) is 6.05. The molecule has 0 bridgehead atoms. The third-order valence-electron chi connectivity index (χ3n) is 2.89. The van der Waals surface area contributed by atoms with E-state index < -0.39 is 0 Å². The molecule has 1 rings (SSSR count). The molecule has 0 unspecified atom stereocenters. The summed E-state index contributed by atoms with van der Waals surface area (Å²) < 4.78 is 0. The second-order valence-electron chi connectivity index (χ2n) is 3.40. The average Bonchev–Trinajstić information content (AvgIpc) is 2.04. The fourth-order valence-corrected chi connectivity index (χ4v) is 1.67. The Bertz CT molecular complexity index is 219. The lowest BCUT2D eigenvalue weighted by atomic mass is 9.74. The standard InChI is InChI=1S/C9H15NO2/c1-4-9(5-2)6-10(7(3)11)8(9)12/h4-6H2,1-3H3. The minimum absolute atomic E-state index is 0.0139. The van der Waals surface area contributed by atoms with Crippen molar-refractivity contribution in [1.29, 1.82) is 0 Å². The summed E-state index contributed by atoms with van der Waals surface area (Å²) in [5.41, 5.74) is -0.217. The number of carbonyl (C=O) groups is 2. The van der Waals surface area contributed by atoms with Gasteiger partial charge in [0.05, 0.1) is 5.41 Å². The van der Waals surface area contributed by atoms with E-state index >= 15 is 0 Å². The van der Waals surface area contributed by atoms with Crippen LogP contribution in [0.4, 0.5) is 0 Å². The molecule has 3 nitrogen and oxygen atoms in total. The van der Waals surface area contributed by atoms with Crippen molar-refractivity contribution in [2.75, 3.05) is 6.54 Å². The molecule has 0 radical (unpaired) electrons. The highest BCUT2D eigenvalue weighted by Gasteiger charge is 2.50. The van der Waals surface area contributed by atoms with Gasteiger partial charge in [-0.2, -0.15) is 0 Å². The van der Waals surface area contributed by atoms with Crippen LogP contribution >= 0.6 is 0 Å². The molecule has 0 aromatic rings. The van der Waals surface area contributed by atoms with E-state index in [1.54, 1.807) is 0 Å². The lowest BCUT2D eigenvalue weighted by Gasteiger charge is -2.46. The maximum Gasteiger partial charge on any atom is 0.237 e. The lowest BCUT2D eigenvalue weighted by Crippen LogP contribution is -2.62.